The number of aliphatic hydroxyl groups is 1. The Labute approximate surface area is 205 Å². The van der Waals surface area contributed by atoms with Crippen LogP contribution in [0.15, 0.2) is 36.4 Å². The zero-order valence-electron chi connectivity index (χ0n) is 18.5. The summed E-state index contributed by atoms with van der Waals surface area (Å²) in [5.74, 6) is 1.52. The van der Waals surface area contributed by atoms with Crippen molar-refractivity contribution in [3.63, 3.8) is 0 Å². The van der Waals surface area contributed by atoms with Gasteiger partial charge >= 0.3 is 0 Å². The van der Waals surface area contributed by atoms with Gasteiger partial charge in [-0.2, -0.15) is 0 Å². The predicted octanol–water partition coefficient (Wildman–Crippen LogP) is 6.06. The number of fused-ring (bicyclic) bond motifs is 3. The maximum atomic E-state index is 10.3. The van der Waals surface area contributed by atoms with Gasteiger partial charge in [-0.25, -0.2) is 4.85 Å². The smallest absolute Gasteiger partial charge is 0.188 e. The predicted molar refractivity (Wildman–Crippen MR) is 136 cm³/mol. The van der Waals surface area contributed by atoms with E-state index in [0.717, 1.165) is 58.4 Å². The lowest BCUT2D eigenvalue weighted by Gasteiger charge is -2.48. The molecule has 8 heteroatoms. The lowest BCUT2D eigenvalue weighted by molar-refractivity contribution is 0.0925. The highest BCUT2D eigenvalue weighted by Gasteiger charge is 2.39. The van der Waals surface area contributed by atoms with Crippen molar-refractivity contribution in [1.29, 1.82) is 0 Å². The van der Waals surface area contributed by atoms with Crippen LogP contribution in [0.5, 0.6) is 0 Å². The number of rotatable bonds is 4. The maximum Gasteiger partial charge on any atom is 0.188 e. The average molecular weight is 484 g/mol. The van der Waals surface area contributed by atoms with Crippen molar-refractivity contribution in [2.75, 3.05) is 10.2 Å². The van der Waals surface area contributed by atoms with Crippen molar-refractivity contribution >= 4 is 52.1 Å². The third kappa shape index (κ3) is 4.59. The van der Waals surface area contributed by atoms with Crippen LogP contribution in [0.4, 0.5) is 17.3 Å². The van der Waals surface area contributed by atoms with Crippen LogP contribution in [0.1, 0.15) is 43.2 Å². The number of aromatic nitrogens is 2. The fraction of sp³-hybridized carbons (Fsp3) is 0.400. The van der Waals surface area contributed by atoms with Crippen LogP contribution < -0.4 is 10.2 Å². The summed E-state index contributed by atoms with van der Waals surface area (Å²) < 4.78 is 0. The average Bonchev–Trinajstić information content (AvgIpc) is 2.79. The monoisotopic (exact) mass is 483 g/mol. The highest BCUT2D eigenvalue weighted by molar-refractivity contribution is 6.31. The molecule has 33 heavy (non-hydrogen) atoms. The van der Waals surface area contributed by atoms with Crippen molar-refractivity contribution in [3.8, 4) is 0 Å². The molecule has 2 aliphatic heterocycles. The SMILES string of the molecule is Cl.[C-]#[N+]c1ccc2c(N3C4CCCC3CC(O)C4)nnc(NCc3ccc(C)c(Cl)c3)c2c1. The lowest BCUT2D eigenvalue weighted by Crippen LogP contribution is -2.54. The standard InChI is InChI=1S/C25H26ClN5O.ClH/c1-15-6-7-16(10-23(15)26)14-28-24-22-11-17(27-2)8-9-21(22)25(30-29-24)31-18-4-3-5-19(31)13-20(32)12-18;/h6-11,18-20,32H,3-5,12-14H2,1H3,(H,28,29);1H. The molecule has 0 saturated carbocycles. The number of aryl methyl sites for hydroxylation is 1. The van der Waals surface area contributed by atoms with E-state index in [4.69, 9.17) is 18.2 Å². The molecule has 0 aliphatic carbocycles. The minimum absolute atomic E-state index is 0. The Bertz CT molecular complexity index is 1200. The Morgan fingerprint density at radius 1 is 1.12 bits per heavy atom. The molecule has 2 bridgehead atoms. The topological polar surface area (TPSA) is 65.6 Å². The molecule has 2 unspecified atom stereocenters. The third-order valence-corrected chi connectivity index (χ3v) is 7.17. The summed E-state index contributed by atoms with van der Waals surface area (Å²) in [6, 6.07) is 12.3. The minimum Gasteiger partial charge on any atom is -0.393 e. The van der Waals surface area contributed by atoms with Gasteiger partial charge in [0.1, 0.15) is 0 Å². The first kappa shape index (κ1) is 23.6. The van der Waals surface area contributed by atoms with Gasteiger partial charge in [-0.15, -0.1) is 22.6 Å². The van der Waals surface area contributed by atoms with E-state index in [-0.39, 0.29) is 30.6 Å². The number of hydrogen-bond acceptors (Lipinski definition) is 5. The van der Waals surface area contributed by atoms with Crippen LogP contribution in [0.3, 0.4) is 0 Å². The van der Waals surface area contributed by atoms with Crippen LogP contribution in [0.25, 0.3) is 15.6 Å². The zero-order valence-corrected chi connectivity index (χ0v) is 20.0. The van der Waals surface area contributed by atoms with Crippen molar-refractivity contribution in [2.45, 2.75) is 63.8 Å². The van der Waals surface area contributed by atoms with Gasteiger partial charge in [0.15, 0.2) is 17.3 Å². The summed E-state index contributed by atoms with van der Waals surface area (Å²) in [5, 5.41) is 25.5. The van der Waals surface area contributed by atoms with Gasteiger partial charge in [0.25, 0.3) is 0 Å². The van der Waals surface area contributed by atoms with Crippen LogP contribution in [-0.2, 0) is 6.54 Å². The fourth-order valence-corrected chi connectivity index (χ4v) is 5.35. The first-order valence-corrected chi connectivity index (χ1v) is 11.5. The first-order valence-electron chi connectivity index (χ1n) is 11.2. The van der Waals surface area contributed by atoms with E-state index in [9.17, 15) is 5.11 Å². The molecule has 0 radical (unpaired) electrons. The normalized spacial score (nSPS) is 21.9. The second kappa shape index (κ2) is 9.72. The second-order valence-corrected chi connectivity index (χ2v) is 9.33. The number of nitrogens with one attached hydrogen (secondary N) is 1. The lowest BCUT2D eigenvalue weighted by atomic mass is 9.82. The molecule has 2 N–H and O–H groups in total. The summed E-state index contributed by atoms with van der Waals surface area (Å²) in [4.78, 5) is 6.00. The van der Waals surface area contributed by atoms with Crippen LogP contribution in [-0.4, -0.2) is 33.5 Å². The molecule has 3 aromatic rings. The van der Waals surface area contributed by atoms with Gasteiger partial charge < -0.3 is 15.3 Å². The van der Waals surface area contributed by atoms with Crippen molar-refractivity contribution in [3.05, 3.63) is 64.0 Å². The summed E-state index contributed by atoms with van der Waals surface area (Å²) in [5.41, 5.74) is 2.68. The Morgan fingerprint density at radius 3 is 2.58 bits per heavy atom. The number of benzene rings is 2. The quantitative estimate of drug-likeness (QED) is 0.441. The Balaban J connectivity index is 0.00000259. The van der Waals surface area contributed by atoms with Gasteiger partial charge in [-0.05, 0) is 62.3 Å². The third-order valence-electron chi connectivity index (χ3n) is 6.76. The van der Waals surface area contributed by atoms with E-state index in [1.807, 2.05) is 43.3 Å². The molecule has 2 saturated heterocycles. The van der Waals surface area contributed by atoms with E-state index in [1.54, 1.807) is 0 Å². The molecular formula is C25H27Cl2N5O. The van der Waals surface area contributed by atoms with Crippen LogP contribution in [0.2, 0.25) is 5.02 Å². The maximum absolute atomic E-state index is 10.3. The molecule has 6 nitrogen and oxygen atoms in total. The van der Waals surface area contributed by atoms with E-state index in [2.05, 4.69) is 25.3 Å². The van der Waals surface area contributed by atoms with E-state index in [1.165, 1.54) is 6.42 Å². The van der Waals surface area contributed by atoms with Crippen molar-refractivity contribution in [2.24, 2.45) is 0 Å². The summed E-state index contributed by atoms with van der Waals surface area (Å²) in [7, 11) is 0. The van der Waals surface area contributed by atoms with Crippen LogP contribution in [0, 0.1) is 13.5 Å². The minimum atomic E-state index is -0.239. The number of piperidine rings is 2. The molecule has 2 atom stereocenters. The van der Waals surface area contributed by atoms with Crippen molar-refractivity contribution in [1.82, 2.24) is 10.2 Å². The Morgan fingerprint density at radius 2 is 1.88 bits per heavy atom. The Kier molecular flexibility index (Phi) is 6.94. The highest BCUT2D eigenvalue weighted by Crippen LogP contribution is 2.41. The first-order chi connectivity index (χ1) is 15.5. The molecule has 1 aromatic heterocycles. The molecule has 2 aromatic carbocycles. The number of nitrogens with zero attached hydrogens (tertiary/aromatic N) is 4. The molecule has 2 fully saturated rings. The summed E-state index contributed by atoms with van der Waals surface area (Å²) in [6.07, 6.45) is 4.61. The molecule has 3 heterocycles. The van der Waals surface area contributed by atoms with Gasteiger partial charge in [-0.1, -0.05) is 35.9 Å². The Hall–Kier alpha value is -2.59. The molecule has 2 aliphatic rings. The van der Waals surface area contributed by atoms with E-state index >= 15 is 0 Å². The fourth-order valence-electron chi connectivity index (χ4n) is 5.15. The zero-order chi connectivity index (χ0) is 22.2. The molecule has 0 amide bonds. The van der Waals surface area contributed by atoms with Gasteiger partial charge in [0, 0.05) is 34.4 Å². The highest BCUT2D eigenvalue weighted by atomic mass is 35.5. The van der Waals surface area contributed by atoms with Crippen LogP contribution >= 0.6 is 24.0 Å². The van der Waals surface area contributed by atoms with Gasteiger partial charge in [0.2, 0.25) is 0 Å². The number of halogens is 2. The molecular weight excluding hydrogens is 457 g/mol. The number of aliphatic hydroxyl groups excluding tert-OH is 1. The summed E-state index contributed by atoms with van der Waals surface area (Å²) >= 11 is 6.28. The van der Waals surface area contributed by atoms with Gasteiger partial charge in [0.05, 0.1) is 12.7 Å². The van der Waals surface area contributed by atoms with Gasteiger partial charge in [-0.3, -0.25) is 0 Å². The number of hydrogen-bond donors (Lipinski definition) is 2. The summed E-state index contributed by atoms with van der Waals surface area (Å²) in [6.45, 7) is 10.0. The second-order valence-electron chi connectivity index (χ2n) is 8.92. The van der Waals surface area contributed by atoms with E-state index in [0.29, 0.717) is 18.1 Å². The largest absolute Gasteiger partial charge is 0.393 e. The molecule has 172 valence electrons. The van der Waals surface area contributed by atoms with E-state index < -0.39 is 0 Å². The molecule has 0 spiro atoms. The van der Waals surface area contributed by atoms with Crippen molar-refractivity contribution < 1.29 is 5.11 Å². The number of anilines is 2. The molecule has 5 rings (SSSR count).